The Morgan fingerprint density at radius 1 is 0.481 bits per heavy atom. The fourth-order valence-corrected chi connectivity index (χ4v) is 9.54. The largest absolute Gasteiger partial charge is 0.309 e. The number of hydrogen-bond acceptors (Lipinski definition) is 3. The molecular weight excluding hydrogens is 651 g/mol. The van der Waals surface area contributed by atoms with Crippen molar-refractivity contribution in [2.45, 2.75) is 51.4 Å². The van der Waals surface area contributed by atoms with E-state index >= 15 is 0 Å². The first-order chi connectivity index (χ1) is 25.2. The van der Waals surface area contributed by atoms with Gasteiger partial charge in [-0.3, -0.25) is 0 Å². The maximum absolute atomic E-state index is 5.29. The summed E-state index contributed by atoms with van der Waals surface area (Å²) in [6.45, 7) is 9.64. The van der Waals surface area contributed by atoms with Gasteiger partial charge in [0.15, 0.2) is 5.82 Å². The molecule has 0 saturated heterocycles. The number of aromatic nitrogens is 3. The van der Waals surface area contributed by atoms with Crippen molar-refractivity contribution in [3.63, 3.8) is 0 Å². The lowest BCUT2D eigenvalue weighted by molar-refractivity contribution is 0.332. The average molecular weight is 690 g/mol. The van der Waals surface area contributed by atoms with Crippen LogP contribution >= 0.6 is 11.3 Å². The molecule has 3 nitrogen and oxygen atoms in total. The summed E-state index contributed by atoms with van der Waals surface area (Å²) in [4.78, 5) is 10.5. The molecule has 6 aromatic carbocycles. The van der Waals surface area contributed by atoms with Crippen molar-refractivity contribution in [3.05, 3.63) is 151 Å². The summed E-state index contributed by atoms with van der Waals surface area (Å²) in [5, 5.41) is 5.15. The Bertz CT molecular complexity index is 2850. The molecule has 0 bridgehead atoms. The van der Waals surface area contributed by atoms with E-state index in [2.05, 4.69) is 172 Å². The Kier molecular flexibility index (Phi) is 6.87. The van der Waals surface area contributed by atoms with Crippen LogP contribution in [-0.4, -0.2) is 14.5 Å². The lowest BCUT2D eigenvalue weighted by Crippen LogP contribution is -2.33. The first kappa shape index (κ1) is 31.2. The molecule has 9 aromatic rings. The number of nitrogens with zero attached hydrogens (tertiary/aromatic N) is 3. The highest BCUT2D eigenvalue weighted by Crippen LogP contribution is 2.48. The Balaban J connectivity index is 1.17. The van der Waals surface area contributed by atoms with Crippen LogP contribution < -0.4 is 0 Å². The number of para-hydroxylation sites is 1. The third-order valence-corrected chi connectivity index (χ3v) is 12.6. The van der Waals surface area contributed by atoms with E-state index in [1.54, 1.807) is 0 Å². The van der Waals surface area contributed by atoms with E-state index in [4.69, 9.17) is 9.97 Å². The molecule has 0 saturated carbocycles. The minimum absolute atomic E-state index is 0.114. The zero-order chi connectivity index (χ0) is 35.2. The molecule has 10 rings (SSSR count). The molecule has 52 heavy (non-hydrogen) atoms. The summed E-state index contributed by atoms with van der Waals surface area (Å²) in [7, 11) is 0. The van der Waals surface area contributed by atoms with Gasteiger partial charge in [-0.1, -0.05) is 113 Å². The Morgan fingerprint density at radius 2 is 1.13 bits per heavy atom. The van der Waals surface area contributed by atoms with Gasteiger partial charge in [-0.2, -0.15) is 0 Å². The number of rotatable bonds is 4. The molecule has 3 aromatic heterocycles. The maximum Gasteiger partial charge on any atom is 0.160 e. The molecule has 3 heterocycles. The zero-order valence-electron chi connectivity index (χ0n) is 29.9. The fraction of sp³-hybridized carbons (Fsp3) is 0.167. The van der Waals surface area contributed by atoms with Crippen LogP contribution in [0.15, 0.2) is 140 Å². The van der Waals surface area contributed by atoms with E-state index < -0.39 is 0 Å². The van der Waals surface area contributed by atoms with Crippen LogP contribution in [0.2, 0.25) is 0 Å². The van der Waals surface area contributed by atoms with Crippen molar-refractivity contribution in [1.29, 1.82) is 0 Å². The van der Waals surface area contributed by atoms with Crippen LogP contribution in [-0.2, 0) is 10.8 Å². The predicted molar refractivity (Wildman–Crippen MR) is 221 cm³/mol. The molecule has 0 radical (unpaired) electrons. The van der Waals surface area contributed by atoms with E-state index in [9.17, 15) is 0 Å². The number of fused-ring (bicyclic) bond motifs is 7. The monoisotopic (exact) mass is 689 g/mol. The maximum atomic E-state index is 5.29. The lowest BCUT2D eigenvalue weighted by Gasteiger charge is -2.42. The van der Waals surface area contributed by atoms with Gasteiger partial charge in [0.2, 0.25) is 0 Å². The van der Waals surface area contributed by atoms with Crippen molar-refractivity contribution in [2.24, 2.45) is 0 Å². The van der Waals surface area contributed by atoms with Gasteiger partial charge in [0.05, 0.1) is 22.4 Å². The molecule has 0 N–H and O–H groups in total. The third kappa shape index (κ3) is 4.92. The second-order valence-electron chi connectivity index (χ2n) is 15.7. The summed E-state index contributed by atoms with van der Waals surface area (Å²) < 4.78 is 5.04. The van der Waals surface area contributed by atoms with Crippen molar-refractivity contribution in [3.8, 4) is 39.6 Å². The molecule has 0 amide bonds. The minimum atomic E-state index is 0.114. The van der Waals surface area contributed by atoms with Crippen LogP contribution in [0.25, 0.3) is 81.6 Å². The number of hydrogen-bond donors (Lipinski definition) is 0. The van der Waals surface area contributed by atoms with E-state index in [0.717, 1.165) is 39.6 Å². The molecule has 252 valence electrons. The first-order valence-corrected chi connectivity index (χ1v) is 19.1. The Hall–Kier alpha value is -5.58. The molecule has 0 spiro atoms. The van der Waals surface area contributed by atoms with Gasteiger partial charge in [0, 0.05) is 53.3 Å². The predicted octanol–water partition coefficient (Wildman–Crippen LogP) is 13.3. The molecule has 1 aliphatic carbocycles. The second kappa shape index (κ2) is 11.5. The van der Waals surface area contributed by atoms with E-state index in [1.165, 1.54) is 65.9 Å². The molecule has 0 aliphatic heterocycles. The summed E-state index contributed by atoms with van der Waals surface area (Å²) in [5.41, 5.74) is 11.8. The average Bonchev–Trinajstić information content (AvgIpc) is 3.71. The van der Waals surface area contributed by atoms with Gasteiger partial charge in [-0.25, -0.2) is 9.97 Å². The van der Waals surface area contributed by atoms with Crippen LogP contribution in [0.3, 0.4) is 0 Å². The van der Waals surface area contributed by atoms with Crippen LogP contribution in [0, 0.1) is 0 Å². The minimum Gasteiger partial charge on any atom is -0.309 e. The summed E-state index contributed by atoms with van der Waals surface area (Å²) >= 11 is 1.84. The van der Waals surface area contributed by atoms with Gasteiger partial charge in [0.1, 0.15) is 0 Å². The van der Waals surface area contributed by atoms with Crippen molar-refractivity contribution >= 4 is 53.3 Å². The summed E-state index contributed by atoms with van der Waals surface area (Å²) in [5.74, 6) is 0.717. The highest BCUT2D eigenvalue weighted by atomic mass is 32.1. The highest BCUT2D eigenvalue weighted by Gasteiger charge is 2.37. The van der Waals surface area contributed by atoms with Gasteiger partial charge in [-0.15, -0.1) is 11.3 Å². The van der Waals surface area contributed by atoms with Gasteiger partial charge >= 0.3 is 0 Å². The highest BCUT2D eigenvalue weighted by molar-refractivity contribution is 7.25. The Morgan fingerprint density at radius 3 is 1.94 bits per heavy atom. The Labute approximate surface area is 308 Å². The molecule has 0 atom stereocenters. The van der Waals surface area contributed by atoms with Gasteiger partial charge in [0.25, 0.3) is 0 Å². The normalized spacial score (nSPS) is 15.1. The van der Waals surface area contributed by atoms with Crippen molar-refractivity contribution in [1.82, 2.24) is 14.5 Å². The smallest absolute Gasteiger partial charge is 0.160 e. The molecule has 0 unspecified atom stereocenters. The summed E-state index contributed by atoms with van der Waals surface area (Å²) in [6, 6.07) is 50.6. The van der Waals surface area contributed by atoms with E-state index in [-0.39, 0.29) is 10.8 Å². The second-order valence-corrected chi connectivity index (χ2v) is 16.8. The molecule has 4 heteroatoms. The quantitative estimate of drug-likeness (QED) is 0.184. The zero-order valence-corrected chi connectivity index (χ0v) is 30.8. The number of benzene rings is 6. The fourth-order valence-electron chi connectivity index (χ4n) is 8.46. The number of thiophene rings is 1. The van der Waals surface area contributed by atoms with Crippen LogP contribution in [0.4, 0.5) is 0 Å². The summed E-state index contributed by atoms with van der Waals surface area (Å²) in [6.07, 6.45) is 2.38. The standard InChI is InChI=1S/C48H39N3S/c1-47(2)23-24-48(3,4)39-28-43-36(27-38(39)47)34-17-8-10-19-42(34)51(43)33-16-12-15-32(25-33)46-49-40(30-13-6-5-7-14-30)29-41(50-46)31-21-22-45-37(26-31)35-18-9-11-20-44(35)52-45/h5-22,25-29H,23-24H2,1-4H3. The van der Waals surface area contributed by atoms with Crippen LogP contribution in [0.5, 0.6) is 0 Å². The first-order valence-electron chi connectivity index (χ1n) is 18.3. The van der Waals surface area contributed by atoms with Crippen molar-refractivity contribution in [2.75, 3.05) is 0 Å². The van der Waals surface area contributed by atoms with Gasteiger partial charge in [-0.05, 0) is 89.4 Å². The lowest BCUT2D eigenvalue weighted by atomic mass is 9.63. The van der Waals surface area contributed by atoms with E-state index in [0.29, 0.717) is 0 Å². The van der Waals surface area contributed by atoms with E-state index in [1.807, 2.05) is 11.3 Å². The van der Waals surface area contributed by atoms with Crippen molar-refractivity contribution < 1.29 is 0 Å². The molecular formula is C48H39N3S. The molecule has 0 fully saturated rings. The molecule has 1 aliphatic rings. The van der Waals surface area contributed by atoms with Gasteiger partial charge < -0.3 is 4.57 Å². The SMILES string of the molecule is CC1(C)CCC(C)(C)c2cc3c(cc21)c1ccccc1n3-c1cccc(-c2nc(-c3ccccc3)cc(-c3ccc4sc5ccccc5c4c3)n2)c1. The topological polar surface area (TPSA) is 30.7 Å². The van der Waals surface area contributed by atoms with Crippen LogP contribution in [0.1, 0.15) is 51.7 Å². The third-order valence-electron chi connectivity index (χ3n) is 11.5.